The van der Waals surface area contributed by atoms with Crippen LogP contribution in [0.25, 0.3) is 0 Å². The van der Waals surface area contributed by atoms with Gasteiger partial charge in [0.15, 0.2) is 24.8 Å². The number of aryl methyl sites for hydroxylation is 7. The lowest BCUT2D eigenvalue weighted by Gasteiger charge is -2.11. The molecule has 3 aromatic rings. The number of allylic oxidation sites excluding steroid dienone is 4. The maximum atomic E-state index is 4.55. The molecular formula is C40H57N3+2. The molecule has 3 nitrogen and oxygen atoms in total. The molecule has 0 radical (unpaired) electrons. The van der Waals surface area contributed by atoms with Crippen LogP contribution in [0.4, 0.5) is 0 Å². The lowest BCUT2D eigenvalue weighted by molar-refractivity contribution is -0.697. The van der Waals surface area contributed by atoms with Crippen molar-refractivity contribution in [2.45, 2.75) is 118 Å². The summed E-state index contributed by atoms with van der Waals surface area (Å²) in [6.45, 7) is 11.7. The van der Waals surface area contributed by atoms with Crippen molar-refractivity contribution in [2.24, 2.45) is 4.99 Å². The van der Waals surface area contributed by atoms with Crippen molar-refractivity contribution in [3.63, 3.8) is 0 Å². The van der Waals surface area contributed by atoms with Crippen LogP contribution in [0.1, 0.15) is 99.5 Å². The van der Waals surface area contributed by atoms with E-state index in [1.54, 1.807) is 11.1 Å². The number of pyridine rings is 2. The van der Waals surface area contributed by atoms with E-state index in [1.807, 2.05) is 12.3 Å². The minimum atomic E-state index is 0.923. The highest BCUT2D eigenvalue weighted by Crippen LogP contribution is 2.18. The van der Waals surface area contributed by atoms with E-state index in [-0.39, 0.29) is 0 Å². The molecule has 2 aromatic heterocycles. The second kappa shape index (κ2) is 20.6. The molecule has 0 fully saturated rings. The highest BCUT2D eigenvalue weighted by Gasteiger charge is 2.06. The van der Waals surface area contributed by atoms with Crippen molar-refractivity contribution in [1.29, 1.82) is 0 Å². The third kappa shape index (κ3) is 15.1. The average molecular weight is 580 g/mol. The summed E-state index contributed by atoms with van der Waals surface area (Å²) < 4.78 is 4.66. The predicted molar refractivity (Wildman–Crippen MR) is 184 cm³/mol. The highest BCUT2D eigenvalue weighted by atomic mass is 14.9. The number of rotatable bonds is 20. The normalized spacial score (nSPS) is 12.1. The van der Waals surface area contributed by atoms with Gasteiger partial charge in [0.05, 0.1) is 0 Å². The van der Waals surface area contributed by atoms with Gasteiger partial charge in [-0.05, 0) is 120 Å². The predicted octanol–water partition coefficient (Wildman–Crippen LogP) is 9.01. The third-order valence-electron chi connectivity index (χ3n) is 8.15. The zero-order valence-electron chi connectivity index (χ0n) is 27.6. The van der Waals surface area contributed by atoms with Gasteiger partial charge in [0.25, 0.3) is 0 Å². The smallest absolute Gasteiger partial charge is 0.171 e. The molecule has 0 saturated heterocycles. The molecule has 0 aliphatic carbocycles. The molecule has 0 aliphatic heterocycles. The molecule has 0 N–H and O–H groups in total. The SMILES string of the molecule is C\C=C(C)/C=C\C=N\CCCCCc1cc(CCCCC[n+]2cccc(C)c2)cc(CCCCC[n+]2cccc(C)c2)c1. The van der Waals surface area contributed by atoms with E-state index in [0.29, 0.717) is 0 Å². The third-order valence-corrected chi connectivity index (χ3v) is 8.15. The summed E-state index contributed by atoms with van der Waals surface area (Å²) in [7, 11) is 0. The average Bonchev–Trinajstić information content (AvgIpc) is 3.00. The Morgan fingerprint density at radius 1 is 0.674 bits per heavy atom. The first-order valence-electron chi connectivity index (χ1n) is 16.8. The second-order valence-electron chi connectivity index (χ2n) is 12.3. The molecule has 0 atom stereocenters. The van der Waals surface area contributed by atoms with Gasteiger partial charge in [-0.25, -0.2) is 9.13 Å². The molecule has 0 spiro atoms. The molecule has 1 aromatic carbocycles. The van der Waals surface area contributed by atoms with E-state index in [4.69, 9.17) is 0 Å². The molecule has 3 rings (SSSR count). The van der Waals surface area contributed by atoms with Gasteiger partial charge in [-0.15, -0.1) is 0 Å². The maximum Gasteiger partial charge on any atom is 0.171 e. The number of unbranched alkanes of at least 4 members (excludes halogenated alkanes) is 6. The molecule has 0 amide bonds. The number of hydrogen-bond donors (Lipinski definition) is 0. The quantitative estimate of drug-likeness (QED) is 0.0551. The van der Waals surface area contributed by atoms with E-state index < -0.39 is 0 Å². The first kappa shape index (κ1) is 34.2. The van der Waals surface area contributed by atoms with E-state index >= 15 is 0 Å². The molecule has 2 heterocycles. The molecule has 3 heteroatoms. The van der Waals surface area contributed by atoms with Crippen molar-refractivity contribution in [3.05, 3.63) is 119 Å². The van der Waals surface area contributed by atoms with Crippen molar-refractivity contribution < 1.29 is 9.13 Å². The Morgan fingerprint density at radius 2 is 1.16 bits per heavy atom. The Labute approximate surface area is 263 Å². The van der Waals surface area contributed by atoms with Crippen molar-refractivity contribution in [1.82, 2.24) is 0 Å². The first-order valence-corrected chi connectivity index (χ1v) is 16.8. The molecule has 0 unspecified atom stereocenters. The van der Waals surface area contributed by atoms with Crippen LogP contribution < -0.4 is 9.13 Å². The fraction of sp³-hybridized carbons (Fsp3) is 0.475. The molecular weight excluding hydrogens is 522 g/mol. The van der Waals surface area contributed by atoms with Gasteiger partial charge in [0.1, 0.15) is 13.1 Å². The molecule has 43 heavy (non-hydrogen) atoms. The van der Waals surface area contributed by atoms with Crippen LogP contribution in [-0.4, -0.2) is 12.8 Å². The lowest BCUT2D eigenvalue weighted by atomic mass is 9.95. The number of benzene rings is 1. The van der Waals surface area contributed by atoms with E-state index in [1.165, 1.54) is 92.9 Å². The number of hydrogen-bond acceptors (Lipinski definition) is 1. The Bertz CT molecular complexity index is 1230. The van der Waals surface area contributed by atoms with Crippen LogP contribution in [0.5, 0.6) is 0 Å². The van der Waals surface area contributed by atoms with Crippen molar-refractivity contribution >= 4 is 6.21 Å². The van der Waals surface area contributed by atoms with E-state index in [0.717, 1.165) is 26.1 Å². The monoisotopic (exact) mass is 579 g/mol. The summed E-state index contributed by atoms with van der Waals surface area (Å²) in [4.78, 5) is 4.55. The maximum absolute atomic E-state index is 4.55. The molecule has 0 saturated carbocycles. The Kier molecular flexibility index (Phi) is 16.3. The second-order valence-corrected chi connectivity index (χ2v) is 12.3. The van der Waals surface area contributed by atoms with Crippen LogP contribution in [0.15, 0.2) is 96.0 Å². The number of aromatic nitrogens is 2. The Morgan fingerprint density at radius 3 is 1.63 bits per heavy atom. The van der Waals surface area contributed by atoms with Crippen LogP contribution in [-0.2, 0) is 32.4 Å². The summed E-state index contributed by atoms with van der Waals surface area (Å²) >= 11 is 0. The standard InChI is InChI=1S/C40H57N3/c1-5-35(2)18-15-25-41-24-12-6-9-21-38-30-39(22-10-7-13-26-42-28-16-19-36(3)33-42)32-40(31-38)23-11-8-14-27-43-29-17-20-37(4)34-43/h5,15-20,25,28-34H,6-14,21-24,26-27H2,1-4H3/q+2/b18-15-,35-5-,41-25+. The van der Waals surface area contributed by atoms with Gasteiger partial charge in [-0.3, -0.25) is 4.99 Å². The van der Waals surface area contributed by atoms with E-state index in [2.05, 4.69) is 121 Å². The van der Waals surface area contributed by atoms with Crippen LogP contribution in [0.2, 0.25) is 0 Å². The van der Waals surface area contributed by atoms with E-state index in [9.17, 15) is 0 Å². The summed E-state index contributed by atoms with van der Waals surface area (Å²) in [5, 5.41) is 0. The first-order chi connectivity index (χ1) is 21.0. The molecule has 0 aliphatic rings. The van der Waals surface area contributed by atoms with Crippen LogP contribution in [0, 0.1) is 13.8 Å². The van der Waals surface area contributed by atoms with Gasteiger partial charge in [-0.1, -0.05) is 42.3 Å². The minimum absolute atomic E-state index is 0.923. The molecule has 0 bridgehead atoms. The zero-order valence-corrected chi connectivity index (χ0v) is 27.6. The summed E-state index contributed by atoms with van der Waals surface area (Å²) in [5.74, 6) is 0. The minimum Gasteiger partial charge on any atom is -0.293 e. The summed E-state index contributed by atoms with van der Waals surface area (Å²) in [6.07, 6.45) is 31.9. The summed E-state index contributed by atoms with van der Waals surface area (Å²) in [6, 6.07) is 16.2. The van der Waals surface area contributed by atoms with Crippen LogP contribution in [0.3, 0.4) is 0 Å². The lowest BCUT2D eigenvalue weighted by Crippen LogP contribution is -2.32. The van der Waals surface area contributed by atoms with Crippen molar-refractivity contribution in [3.8, 4) is 0 Å². The molecule has 230 valence electrons. The van der Waals surface area contributed by atoms with Gasteiger partial charge in [0.2, 0.25) is 0 Å². The summed E-state index contributed by atoms with van der Waals surface area (Å²) in [5.41, 5.74) is 8.56. The Balaban J connectivity index is 1.45. The number of aliphatic imine (C=N–C) groups is 1. The topological polar surface area (TPSA) is 20.1 Å². The highest BCUT2D eigenvalue weighted by molar-refractivity contribution is 5.71. The van der Waals surface area contributed by atoms with Gasteiger partial charge in [-0.2, -0.15) is 0 Å². The largest absolute Gasteiger partial charge is 0.293 e. The number of nitrogens with zero attached hydrogens (tertiary/aromatic N) is 3. The van der Waals surface area contributed by atoms with Crippen molar-refractivity contribution in [2.75, 3.05) is 6.54 Å². The fourth-order valence-corrected chi connectivity index (χ4v) is 5.59. The fourth-order valence-electron chi connectivity index (χ4n) is 5.59. The van der Waals surface area contributed by atoms with Gasteiger partial charge >= 0.3 is 0 Å². The van der Waals surface area contributed by atoms with Gasteiger partial charge in [0, 0.05) is 48.9 Å². The van der Waals surface area contributed by atoms with Gasteiger partial charge < -0.3 is 0 Å². The Hall–Kier alpha value is -3.33. The zero-order chi connectivity index (χ0) is 30.5. The van der Waals surface area contributed by atoms with Crippen LogP contribution >= 0.6 is 0 Å².